The number of rotatable bonds is 3. The second kappa shape index (κ2) is 5.85. The van der Waals surface area contributed by atoms with Crippen molar-refractivity contribution in [2.45, 2.75) is 13.8 Å². The summed E-state index contributed by atoms with van der Waals surface area (Å²) in [5.41, 5.74) is 2.37. The van der Waals surface area contributed by atoms with Gasteiger partial charge in [0.05, 0.1) is 5.71 Å². The molecular weight excluding hydrogens is 203 g/mol. The van der Waals surface area contributed by atoms with Crippen molar-refractivity contribution in [3.63, 3.8) is 0 Å². The van der Waals surface area contributed by atoms with E-state index in [4.69, 9.17) is 5.84 Å². The number of hydrogen-bond acceptors (Lipinski definition) is 2. The molecule has 0 aliphatic carbocycles. The standard InChI is InChI=1S/C13H15FN2/c1-3-5-10(4-2)13(16-15)11-6-8-12(14)9-7-11/h3-9H,15H2,1-2H3/b5-3-,10-4+,16-13+. The lowest BCUT2D eigenvalue weighted by molar-refractivity contribution is 0.628. The average molecular weight is 218 g/mol. The Labute approximate surface area is 95.0 Å². The van der Waals surface area contributed by atoms with Crippen LogP contribution in [-0.2, 0) is 0 Å². The molecule has 0 aliphatic heterocycles. The molecule has 0 aliphatic rings. The highest BCUT2D eigenvalue weighted by Crippen LogP contribution is 2.11. The summed E-state index contributed by atoms with van der Waals surface area (Å²) < 4.78 is 12.8. The van der Waals surface area contributed by atoms with E-state index in [1.54, 1.807) is 12.1 Å². The Morgan fingerprint density at radius 2 is 1.88 bits per heavy atom. The molecule has 1 rings (SSSR count). The van der Waals surface area contributed by atoms with Gasteiger partial charge in [0.15, 0.2) is 0 Å². The Bertz CT molecular complexity index is 428. The molecule has 2 nitrogen and oxygen atoms in total. The van der Waals surface area contributed by atoms with Gasteiger partial charge >= 0.3 is 0 Å². The second-order valence-corrected chi connectivity index (χ2v) is 3.23. The summed E-state index contributed by atoms with van der Waals surface area (Å²) in [5.74, 6) is 5.10. The molecule has 0 atom stereocenters. The lowest BCUT2D eigenvalue weighted by Gasteiger charge is -2.06. The highest BCUT2D eigenvalue weighted by Gasteiger charge is 2.06. The first-order valence-corrected chi connectivity index (χ1v) is 5.06. The number of halogens is 1. The van der Waals surface area contributed by atoms with E-state index in [9.17, 15) is 4.39 Å². The number of nitrogens with two attached hydrogens (primary N) is 1. The maximum Gasteiger partial charge on any atom is 0.123 e. The van der Waals surface area contributed by atoms with Crippen molar-refractivity contribution in [1.82, 2.24) is 0 Å². The monoisotopic (exact) mass is 218 g/mol. The Hall–Kier alpha value is -1.90. The van der Waals surface area contributed by atoms with Crippen LogP contribution in [0.2, 0.25) is 0 Å². The summed E-state index contributed by atoms with van der Waals surface area (Å²) in [4.78, 5) is 0. The quantitative estimate of drug-likeness (QED) is 0.360. The van der Waals surface area contributed by atoms with Crippen LogP contribution in [0, 0.1) is 5.82 Å². The van der Waals surface area contributed by atoms with Crippen LogP contribution >= 0.6 is 0 Å². The Morgan fingerprint density at radius 1 is 1.25 bits per heavy atom. The molecule has 0 amide bonds. The van der Waals surface area contributed by atoms with Crippen LogP contribution in [0.1, 0.15) is 19.4 Å². The summed E-state index contributed by atoms with van der Waals surface area (Å²) in [6.45, 7) is 3.83. The molecule has 0 heterocycles. The molecular formula is C13H15FN2. The normalized spacial score (nSPS) is 13.4. The van der Waals surface area contributed by atoms with Crippen molar-refractivity contribution >= 4 is 5.71 Å². The molecule has 16 heavy (non-hydrogen) atoms. The molecule has 0 radical (unpaired) electrons. The van der Waals surface area contributed by atoms with Gasteiger partial charge in [0.1, 0.15) is 5.82 Å². The van der Waals surface area contributed by atoms with Gasteiger partial charge in [-0.2, -0.15) is 5.10 Å². The van der Waals surface area contributed by atoms with Crippen molar-refractivity contribution in [3.05, 3.63) is 59.4 Å². The third-order valence-corrected chi connectivity index (χ3v) is 2.18. The first kappa shape index (κ1) is 12.2. The number of hydrazone groups is 1. The van der Waals surface area contributed by atoms with Crippen LogP contribution in [0.3, 0.4) is 0 Å². The number of nitrogens with zero attached hydrogens (tertiary/aromatic N) is 1. The minimum absolute atomic E-state index is 0.270. The number of benzene rings is 1. The Kier molecular flexibility index (Phi) is 4.45. The summed E-state index contributed by atoms with van der Waals surface area (Å²) in [6, 6.07) is 6.11. The number of hydrogen-bond donors (Lipinski definition) is 1. The molecule has 2 N–H and O–H groups in total. The summed E-state index contributed by atoms with van der Waals surface area (Å²) >= 11 is 0. The zero-order valence-corrected chi connectivity index (χ0v) is 9.44. The van der Waals surface area contributed by atoms with Crippen LogP contribution in [0.25, 0.3) is 0 Å². The number of allylic oxidation sites excluding steroid dienone is 4. The van der Waals surface area contributed by atoms with Gasteiger partial charge in [-0.3, -0.25) is 0 Å². The van der Waals surface area contributed by atoms with Crippen molar-refractivity contribution < 1.29 is 4.39 Å². The zero-order valence-electron chi connectivity index (χ0n) is 9.44. The Balaban J connectivity index is 3.13. The molecule has 0 bridgehead atoms. The fraction of sp³-hybridized carbons (Fsp3) is 0.154. The highest BCUT2D eigenvalue weighted by atomic mass is 19.1. The molecule has 0 saturated carbocycles. The minimum Gasteiger partial charge on any atom is -0.323 e. The van der Waals surface area contributed by atoms with Crippen LogP contribution in [0.4, 0.5) is 4.39 Å². The SMILES string of the molecule is C\C=C/C(=C\C)C(=N\N)/c1ccc(F)cc1. The molecule has 1 aromatic rings. The van der Waals surface area contributed by atoms with Gasteiger partial charge in [0, 0.05) is 5.56 Å². The molecule has 84 valence electrons. The van der Waals surface area contributed by atoms with Crippen molar-refractivity contribution in [1.29, 1.82) is 0 Å². The van der Waals surface area contributed by atoms with E-state index in [0.29, 0.717) is 5.71 Å². The van der Waals surface area contributed by atoms with E-state index in [-0.39, 0.29) is 5.82 Å². The van der Waals surface area contributed by atoms with Crippen molar-refractivity contribution in [2.24, 2.45) is 10.9 Å². The highest BCUT2D eigenvalue weighted by molar-refractivity contribution is 6.14. The molecule has 0 unspecified atom stereocenters. The minimum atomic E-state index is -0.270. The Morgan fingerprint density at radius 3 is 2.31 bits per heavy atom. The summed E-state index contributed by atoms with van der Waals surface area (Å²) in [6.07, 6.45) is 5.73. The summed E-state index contributed by atoms with van der Waals surface area (Å²) in [7, 11) is 0. The largest absolute Gasteiger partial charge is 0.323 e. The maximum atomic E-state index is 12.8. The van der Waals surface area contributed by atoms with Gasteiger partial charge in [-0.1, -0.05) is 18.2 Å². The fourth-order valence-electron chi connectivity index (χ4n) is 1.41. The average Bonchev–Trinajstić information content (AvgIpc) is 2.31. The van der Waals surface area contributed by atoms with E-state index in [0.717, 1.165) is 11.1 Å². The van der Waals surface area contributed by atoms with Crippen LogP contribution < -0.4 is 5.84 Å². The predicted molar refractivity (Wildman–Crippen MR) is 65.7 cm³/mol. The van der Waals surface area contributed by atoms with Crippen LogP contribution in [-0.4, -0.2) is 5.71 Å². The van der Waals surface area contributed by atoms with Gasteiger partial charge in [-0.05, 0) is 43.7 Å². The summed E-state index contributed by atoms with van der Waals surface area (Å²) in [5, 5.41) is 3.75. The third-order valence-electron chi connectivity index (χ3n) is 2.18. The van der Waals surface area contributed by atoms with Crippen molar-refractivity contribution in [2.75, 3.05) is 0 Å². The molecule has 0 fully saturated rings. The van der Waals surface area contributed by atoms with Crippen LogP contribution in [0.5, 0.6) is 0 Å². The molecule has 1 aromatic carbocycles. The smallest absolute Gasteiger partial charge is 0.123 e. The molecule has 0 spiro atoms. The van der Waals surface area contributed by atoms with Gasteiger partial charge in [-0.15, -0.1) is 0 Å². The predicted octanol–water partition coefficient (Wildman–Crippen LogP) is 3.01. The van der Waals surface area contributed by atoms with Gasteiger partial charge in [0.25, 0.3) is 0 Å². The third kappa shape index (κ3) is 2.79. The lowest BCUT2D eigenvalue weighted by Crippen LogP contribution is -2.06. The van der Waals surface area contributed by atoms with Gasteiger partial charge in [0.2, 0.25) is 0 Å². The fourth-order valence-corrected chi connectivity index (χ4v) is 1.41. The molecule has 0 aromatic heterocycles. The van der Waals surface area contributed by atoms with E-state index in [2.05, 4.69) is 5.10 Å². The van der Waals surface area contributed by atoms with E-state index in [1.165, 1.54) is 12.1 Å². The topological polar surface area (TPSA) is 38.4 Å². The van der Waals surface area contributed by atoms with Gasteiger partial charge in [-0.25, -0.2) is 4.39 Å². The van der Waals surface area contributed by atoms with Crippen molar-refractivity contribution in [3.8, 4) is 0 Å². The first-order valence-electron chi connectivity index (χ1n) is 5.06. The van der Waals surface area contributed by atoms with E-state index >= 15 is 0 Å². The molecule has 0 saturated heterocycles. The maximum absolute atomic E-state index is 12.8. The zero-order chi connectivity index (χ0) is 12.0. The van der Waals surface area contributed by atoms with E-state index < -0.39 is 0 Å². The second-order valence-electron chi connectivity index (χ2n) is 3.23. The van der Waals surface area contributed by atoms with E-state index in [1.807, 2.05) is 32.1 Å². The van der Waals surface area contributed by atoms with Gasteiger partial charge < -0.3 is 5.84 Å². The lowest BCUT2D eigenvalue weighted by atomic mass is 10.0. The molecule has 3 heteroatoms. The van der Waals surface area contributed by atoms with Crippen LogP contribution in [0.15, 0.2) is 53.2 Å². The first-order chi connectivity index (χ1) is 7.72.